The van der Waals surface area contributed by atoms with Crippen LogP contribution in [0.25, 0.3) is 0 Å². The van der Waals surface area contributed by atoms with Gasteiger partial charge in [0, 0.05) is 49.9 Å². The van der Waals surface area contributed by atoms with Crippen molar-refractivity contribution >= 4 is 49.7 Å². The van der Waals surface area contributed by atoms with Crippen LogP contribution in [-0.4, -0.2) is 62.9 Å². The summed E-state index contributed by atoms with van der Waals surface area (Å²) in [6.45, 7) is 3.98. The van der Waals surface area contributed by atoms with Gasteiger partial charge in [0.05, 0.1) is 13.2 Å². The van der Waals surface area contributed by atoms with Gasteiger partial charge in [-0.1, -0.05) is 0 Å². The molecule has 0 aliphatic carbocycles. The number of hydrogen-bond acceptors (Lipinski definition) is 4. The summed E-state index contributed by atoms with van der Waals surface area (Å²) in [5, 5.41) is 0. The first kappa shape index (κ1) is 15.4. The van der Waals surface area contributed by atoms with Gasteiger partial charge < -0.3 is 9.47 Å². The molecule has 0 aliphatic heterocycles. The van der Waals surface area contributed by atoms with Gasteiger partial charge in [0.25, 0.3) is 0 Å². The molecule has 0 aromatic carbocycles. The van der Waals surface area contributed by atoms with Gasteiger partial charge in [0.15, 0.2) is 0 Å². The summed E-state index contributed by atoms with van der Waals surface area (Å²) in [6.07, 6.45) is 2.09. The summed E-state index contributed by atoms with van der Waals surface area (Å²) in [5.41, 5.74) is 0. The second-order valence-electron chi connectivity index (χ2n) is 1.84. The van der Waals surface area contributed by atoms with E-state index in [0.717, 1.165) is 12.2 Å². The number of esters is 2. The van der Waals surface area contributed by atoms with E-state index in [1.807, 2.05) is 0 Å². The summed E-state index contributed by atoms with van der Waals surface area (Å²) in [7, 11) is 0. The maximum atomic E-state index is 10.6. The number of carbonyl (C=O) groups excluding carboxylic acids is 2. The molecule has 0 unspecified atom stereocenters. The summed E-state index contributed by atoms with van der Waals surface area (Å²) in [4.78, 5) is 21.3. The standard InChI is InChI=1S/C8H12O4.Ca/c1-3-11-7(9)5-6-8(10)12-4-2;/h5-6H,3-4H2,1-2H3;. The van der Waals surface area contributed by atoms with Gasteiger partial charge in [-0.05, 0) is 13.8 Å². The third kappa shape index (κ3) is 9.86. The van der Waals surface area contributed by atoms with Gasteiger partial charge >= 0.3 is 11.9 Å². The van der Waals surface area contributed by atoms with E-state index in [-0.39, 0.29) is 37.7 Å². The fraction of sp³-hybridized carbons (Fsp3) is 0.500. The van der Waals surface area contributed by atoms with Crippen molar-refractivity contribution < 1.29 is 19.1 Å². The molecule has 0 saturated heterocycles. The van der Waals surface area contributed by atoms with E-state index in [2.05, 4.69) is 9.47 Å². The Hall–Kier alpha value is -0.0603. The average Bonchev–Trinajstić information content (AvgIpc) is 2.02. The van der Waals surface area contributed by atoms with Gasteiger partial charge in [0.1, 0.15) is 0 Å². The van der Waals surface area contributed by atoms with Crippen LogP contribution < -0.4 is 0 Å². The molecule has 70 valence electrons. The second-order valence-corrected chi connectivity index (χ2v) is 1.84. The molecular weight excluding hydrogens is 200 g/mol. The first-order valence-electron chi connectivity index (χ1n) is 3.72. The van der Waals surface area contributed by atoms with Gasteiger partial charge in [-0.2, -0.15) is 0 Å². The van der Waals surface area contributed by atoms with Crippen LogP contribution in [0, 0.1) is 0 Å². The molecule has 0 aromatic rings. The minimum Gasteiger partial charge on any atom is -0.463 e. The molecule has 0 fully saturated rings. The van der Waals surface area contributed by atoms with Crippen molar-refractivity contribution in [1.29, 1.82) is 0 Å². The van der Waals surface area contributed by atoms with Crippen LogP contribution in [0.4, 0.5) is 0 Å². The van der Waals surface area contributed by atoms with E-state index >= 15 is 0 Å². The van der Waals surface area contributed by atoms with Gasteiger partial charge in [0.2, 0.25) is 0 Å². The van der Waals surface area contributed by atoms with Crippen LogP contribution in [0.15, 0.2) is 12.2 Å². The fourth-order valence-electron chi connectivity index (χ4n) is 0.517. The number of ether oxygens (including phenoxy) is 2. The fourth-order valence-corrected chi connectivity index (χ4v) is 0.517. The van der Waals surface area contributed by atoms with E-state index < -0.39 is 11.9 Å². The van der Waals surface area contributed by atoms with Crippen molar-refractivity contribution in [1.82, 2.24) is 0 Å². The van der Waals surface area contributed by atoms with Crippen LogP contribution in [-0.2, 0) is 19.1 Å². The second kappa shape index (κ2) is 10.0. The Morgan fingerprint density at radius 2 is 1.31 bits per heavy atom. The van der Waals surface area contributed by atoms with Gasteiger partial charge in [-0.25, -0.2) is 9.59 Å². The van der Waals surface area contributed by atoms with Gasteiger partial charge in [-0.15, -0.1) is 0 Å². The molecule has 0 atom stereocenters. The zero-order chi connectivity index (χ0) is 9.40. The SMILES string of the molecule is CCOC(=O)C=CC(=O)OCC.[Ca]. The van der Waals surface area contributed by atoms with Crippen molar-refractivity contribution in [2.75, 3.05) is 13.2 Å². The van der Waals surface area contributed by atoms with E-state index in [4.69, 9.17) is 0 Å². The Bertz CT molecular complexity index is 169. The molecule has 5 heteroatoms. The Kier molecular flexibility index (Phi) is 11.9. The van der Waals surface area contributed by atoms with E-state index in [1.54, 1.807) is 13.8 Å². The minimum absolute atomic E-state index is 0. The van der Waals surface area contributed by atoms with Gasteiger partial charge in [-0.3, -0.25) is 0 Å². The normalized spacial score (nSPS) is 9.08. The minimum atomic E-state index is -0.537. The molecule has 0 spiro atoms. The van der Waals surface area contributed by atoms with Crippen LogP contribution in [0.2, 0.25) is 0 Å². The van der Waals surface area contributed by atoms with Crippen molar-refractivity contribution in [2.24, 2.45) is 0 Å². The molecule has 2 radical (unpaired) electrons. The maximum Gasteiger partial charge on any atom is 0.330 e. The first-order chi connectivity index (χ1) is 5.70. The number of rotatable bonds is 4. The third-order valence-corrected chi connectivity index (χ3v) is 0.929. The molecular formula is C8H12CaO4. The summed E-state index contributed by atoms with van der Waals surface area (Å²) in [5.74, 6) is -1.07. The molecule has 13 heavy (non-hydrogen) atoms. The predicted molar refractivity (Wildman–Crippen MR) is 48.2 cm³/mol. The smallest absolute Gasteiger partial charge is 0.330 e. The van der Waals surface area contributed by atoms with E-state index in [9.17, 15) is 9.59 Å². The molecule has 0 bridgehead atoms. The van der Waals surface area contributed by atoms with E-state index in [0.29, 0.717) is 13.2 Å². The number of carbonyl (C=O) groups is 2. The molecule has 0 aromatic heterocycles. The maximum absolute atomic E-state index is 10.6. The summed E-state index contributed by atoms with van der Waals surface area (Å²) >= 11 is 0. The Morgan fingerprint density at radius 3 is 1.54 bits per heavy atom. The zero-order valence-electron chi connectivity index (χ0n) is 7.91. The molecule has 0 N–H and O–H groups in total. The first-order valence-corrected chi connectivity index (χ1v) is 3.72. The van der Waals surface area contributed by atoms with E-state index in [1.165, 1.54) is 0 Å². The molecule has 0 amide bonds. The third-order valence-electron chi connectivity index (χ3n) is 0.929. The van der Waals surface area contributed by atoms with Crippen LogP contribution >= 0.6 is 0 Å². The van der Waals surface area contributed by atoms with Crippen molar-refractivity contribution in [2.45, 2.75) is 13.8 Å². The van der Waals surface area contributed by atoms with Crippen LogP contribution in [0.1, 0.15) is 13.8 Å². The summed E-state index contributed by atoms with van der Waals surface area (Å²) in [6, 6.07) is 0. The van der Waals surface area contributed by atoms with Crippen molar-refractivity contribution in [3.63, 3.8) is 0 Å². The molecule has 4 nitrogen and oxygen atoms in total. The molecule has 0 aliphatic rings. The predicted octanol–water partition coefficient (Wildman–Crippen LogP) is 0.288. The Morgan fingerprint density at radius 1 is 1.00 bits per heavy atom. The Balaban J connectivity index is 0. The van der Waals surface area contributed by atoms with Crippen LogP contribution in [0.3, 0.4) is 0 Å². The number of hydrogen-bond donors (Lipinski definition) is 0. The topological polar surface area (TPSA) is 52.6 Å². The molecule has 0 saturated carbocycles. The average molecular weight is 212 g/mol. The summed E-state index contributed by atoms with van der Waals surface area (Å²) < 4.78 is 9.07. The molecule has 0 rings (SSSR count). The molecule has 0 heterocycles. The van der Waals surface area contributed by atoms with Crippen molar-refractivity contribution in [3.8, 4) is 0 Å². The van der Waals surface area contributed by atoms with Crippen LogP contribution in [0.5, 0.6) is 0 Å². The van der Waals surface area contributed by atoms with Crippen molar-refractivity contribution in [3.05, 3.63) is 12.2 Å². The quantitative estimate of drug-likeness (QED) is 0.382. The monoisotopic (exact) mass is 212 g/mol. The zero-order valence-corrected chi connectivity index (χ0v) is 10.1. The Labute approximate surface area is 107 Å². The largest absolute Gasteiger partial charge is 0.463 e.